The minimum Gasteiger partial charge on any atom is -0.407 e. The van der Waals surface area contributed by atoms with E-state index < -0.39 is 23.5 Å². The SMILES string of the molecule is CN(C)C(=O)Oc1cccc(F)c1F. The van der Waals surface area contributed by atoms with Gasteiger partial charge in [0, 0.05) is 14.1 Å². The Hall–Kier alpha value is -1.65. The molecule has 1 aromatic rings. The molecule has 5 heteroatoms. The summed E-state index contributed by atoms with van der Waals surface area (Å²) >= 11 is 0. The molecular weight excluding hydrogens is 192 g/mol. The number of hydrogen-bond acceptors (Lipinski definition) is 2. The number of carbonyl (C=O) groups excluding carboxylic acids is 1. The molecule has 0 saturated carbocycles. The van der Waals surface area contributed by atoms with Gasteiger partial charge in [0.1, 0.15) is 0 Å². The van der Waals surface area contributed by atoms with E-state index in [1.54, 1.807) is 0 Å². The molecule has 0 spiro atoms. The maximum atomic E-state index is 13.0. The highest BCUT2D eigenvalue weighted by molar-refractivity contribution is 5.69. The predicted molar refractivity (Wildman–Crippen MR) is 46.1 cm³/mol. The summed E-state index contributed by atoms with van der Waals surface area (Å²) in [5.74, 6) is -2.62. The fourth-order valence-electron chi connectivity index (χ4n) is 0.748. The quantitative estimate of drug-likeness (QED) is 0.695. The Morgan fingerprint density at radius 3 is 2.57 bits per heavy atom. The third kappa shape index (κ3) is 2.18. The van der Waals surface area contributed by atoms with Crippen molar-refractivity contribution in [2.45, 2.75) is 0 Å². The number of benzene rings is 1. The second-order valence-electron chi connectivity index (χ2n) is 2.81. The number of ether oxygens (including phenoxy) is 1. The van der Waals surface area contributed by atoms with Gasteiger partial charge < -0.3 is 9.64 Å². The fraction of sp³-hybridized carbons (Fsp3) is 0.222. The predicted octanol–water partition coefficient (Wildman–Crippen LogP) is 2.03. The molecule has 1 amide bonds. The van der Waals surface area contributed by atoms with Crippen LogP contribution in [0.3, 0.4) is 0 Å². The van der Waals surface area contributed by atoms with Crippen LogP contribution in [0, 0.1) is 11.6 Å². The van der Waals surface area contributed by atoms with Gasteiger partial charge in [-0.25, -0.2) is 9.18 Å². The van der Waals surface area contributed by atoms with E-state index in [0.717, 1.165) is 11.0 Å². The average Bonchev–Trinajstić information content (AvgIpc) is 2.12. The molecule has 0 atom stereocenters. The van der Waals surface area contributed by atoms with Crippen LogP contribution in [0.4, 0.5) is 13.6 Å². The first-order valence-corrected chi connectivity index (χ1v) is 3.85. The van der Waals surface area contributed by atoms with E-state index >= 15 is 0 Å². The summed E-state index contributed by atoms with van der Waals surface area (Å²) in [6, 6.07) is 3.39. The number of halogens is 2. The van der Waals surface area contributed by atoms with Crippen molar-refractivity contribution in [2.24, 2.45) is 0 Å². The molecule has 1 aromatic carbocycles. The minimum atomic E-state index is -1.16. The van der Waals surface area contributed by atoms with E-state index in [1.807, 2.05) is 0 Å². The first-order chi connectivity index (χ1) is 6.52. The lowest BCUT2D eigenvalue weighted by molar-refractivity contribution is 0.169. The van der Waals surface area contributed by atoms with Crippen molar-refractivity contribution in [3.63, 3.8) is 0 Å². The molecule has 0 aliphatic rings. The maximum Gasteiger partial charge on any atom is 0.414 e. The summed E-state index contributed by atoms with van der Waals surface area (Å²) in [7, 11) is 2.89. The van der Waals surface area contributed by atoms with Gasteiger partial charge in [-0.05, 0) is 12.1 Å². The highest BCUT2D eigenvalue weighted by atomic mass is 19.2. The summed E-state index contributed by atoms with van der Waals surface area (Å²) in [4.78, 5) is 12.1. The number of rotatable bonds is 1. The lowest BCUT2D eigenvalue weighted by Crippen LogP contribution is -2.25. The van der Waals surface area contributed by atoms with Crippen molar-refractivity contribution >= 4 is 6.09 Å². The van der Waals surface area contributed by atoms with Crippen LogP contribution in [0.1, 0.15) is 0 Å². The monoisotopic (exact) mass is 201 g/mol. The van der Waals surface area contributed by atoms with Crippen LogP contribution in [-0.4, -0.2) is 25.1 Å². The summed E-state index contributed by atoms with van der Waals surface area (Å²) in [5, 5.41) is 0. The van der Waals surface area contributed by atoms with E-state index in [9.17, 15) is 13.6 Å². The molecule has 0 heterocycles. The minimum absolute atomic E-state index is 0.413. The maximum absolute atomic E-state index is 13.0. The summed E-state index contributed by atoms with van der Waals surface area (Å²) in [6.45, 7) is 0. The van der Waals surface area contributed by atoms with Gasteiger partial charge in [0.05, 0.1) is 0 Å². The molecule has 0 bridgehead atoms. The molecular formula is C9H9F2NO2. The topological polar surface area (TPSA) is 29.5 Å². The normalized spacial score (nSPS) is 9.71. The molecule has 1 rings (SSSR count). The Bertz CT molecular complexity index is 353. The van der Waals surface area contributed by atoms with E-state index in [-0.39, 0.29) is 0 Å². The zero-order valence-corrected chi connectivity index (χ0v) is 7.75. The van der Waals surface area contributed by atoms with Crippen LogP contribution in [0.2, 0.25) is 0 Å². The summed E-state index contributed by atoms with van der Waals surface area (Å²) in [6.07, 6.45) is -0.755. The first kappa shape index (κ1) is 10.4. The molecule has 0 saturated heterocycles. The van der Waals surface area contributed by atoms with Crippen LogP contribution in [0.25, 0.3) is 0 Å². The fourth-order valence-corrected chi connectivity index (χ4v) is 0.748. The van der Waals surface area contributed by atoms with E-state index in [4.69, 9.17) is 0 Å². The van der Waals surface area contributed by atoms with Gasteiger partial charge in [0.2, 0.25) is 5.82 Å². The number of carbonyl (C=O) groups is 1. The van der Waals surface area contributed by atoms with E-state index in [2.05, 4.69) is 4.74 Å². The van der Waals surface area contributed by atoms with Crippen molar-refractivity contribution in [2.75, 3.05) is 14.1 Å². The largest absolute Gasteiger partial charge is 0.414 e. The second kappa shape index (κ2) is 4.04. The highest BCUT2D eigenvalue weighted by Crippen LogP contribution is 2.19. The third-order valence-electron chi connectivity index (χ3n) is 1.48. The van der Waals surface area contributed by atoms with Gasteiger partial charge in [-0.1, -0.05) is 6.07 Å². The molecule has 0 aliphatic carbocycles. The van der Waals surface area contributed by atoms with E-state index in [1.165, 1.54) is 26.2 Å². The third-order valence-corrected chi connectivity index (χ3v) is 1.48. The van der Waals surface area contributed by atoms with Crippen molar-refractivity contribution in [3.05, 3.63) is 29.8 Å². The Morgan fingerprint density at radius 2 is 2.00 bits per heavy atom. The Morgan fingerprint density at radius 1 is 1.36 bits per heavy atom. The van der Waals surface area contributed by atoms with Gasteiger partial charge in [-0.3, -0.25) is 0 Å². The standard InChI is InChI=1S/C9H9F2NO2/c1-12(2)9(13)14-7-5-3-4-6(10)8(7)11/h3-5H,1-2H3. The zero-order valence-electron chi connectivity index (χ0n) is 7.75. The number of nitrogens with zero attached hydrogens (tertiary/aromatic N) is 1. The molecule has 3 nitrogen and oxygen atoms in total. The van der Waals surface area contributed by atoms with Crippen molar-refractivity contribution in [3.8, 4) is 5.75 Å². The molecule has 76 valence electrons. The van der Waals surface area contributed by atoms with Crippen molar-refractivity contribution in [1.82, 2.24) is 4.90 Å². The molecule has 0 fully saturated rings. The summed E-state index contributed by atoms with van der Waals surface area (Å²) < 4.78 is 30.2. The van der Waals surface area contributed by atoms with Crippen LogP contribution < -0.4 is 4.74 Å². The number of amides is 1. The highest BCUT2D eigenvalue weighted by Gasteiger charge is 2.13. The first-order valence-electron chi connectivity index (χ1n) is 3.85. The Balaban J connectivity index is 2.87. The Kier molecular flexibility index (Phi) is 3.01. The molecule has 0 N–H and O–H groups in total. The zero-order chi connectivity index (χ0) is 10.7. The van der Waals surface area contributed by atoms with Crippen molar-refractivity contribution < 1.29 is 18.3 Å². The van der Waals surface area contributed by atoms with Crippen LogP contribution in [-0.2, 0) is 0 Å². The van der Waals surface area contributed by atoms with Crippen LogP contribution >= 0.6 is 0 Å². The molecule has 0 unspecified atom stereocenters. The van der Waals surface area contributed by atoms with Gasteiger partial charge in [-0.15, -0.1) is 0 Å². The van der Waals surface area contributed by atoms with Gasteiger partial charge >= 0.3 is 6.09 Å². The summed E-state index contributed by atoms with van der Waals surface area (Å²) in [5.41, 5.74) is 0. The van der Waals surface area contributed by atoms with E-state index in [0.29, 0.717) is 0 Å². The van der Waals surface area contributed by atoms with Crippen LogP contribution in [0.15, 0.2) is 18.2 Å². The number of hydrogen-bond donors (Lipinski definition) is 0. The average molecular weight is 201 g/mol. The molecule has 14 heavy (non-hydrogen) atoms. The van der Waals surface area contributed by atoms with Gasteiger partial charge in [0.15, 0.2) is 11.6 Å². The Labute approximate surface area is 79.9 Å². The lowest BCUT2D eigenvalue weighted by Gasteiger charge is -2.10. The van der Waals surface area contributed by atoms with Crippen molar-refractivity contribution in [1.29, 1.82) is 0 Å². The molecule has 0 aliphatic heterocycles. The molecule has 0 radical (unpaired) electrons. The smallest absolute Gasteiger partial charge is 0.407 e. The lowest BCUT2D eigenvalue weighted by atomic mass is 10.3. The van der Waals surface area contributed by atoms with Gasteiger partial charge in [0.25, 0.3) is 0 Å². The van der Waals surface area contributed by atoms with Gasteiger partial charge in [-0.2, -0.15) is 4.39 Å². The second-order valence-corrected chi connectivity index (χ2v) is 2.81. The molecule has 0 aromatic heterocycles. The van der Waals surface area contributed by atoms with Crippen LogP contribution in [0.5, 0.6) is 5.75 Å².